The van der Waals surface area contributed by atoms with Gasteiger partial charge in [0.25, 0.3) is 5.91 Å². The van der Waals surface area contributed by atoms with Gasteiger partial charge in [0.1, 0.15) is 34.2 Å². The van der Waals surface area contributed by atoms with E-state index in [0.29, 0.717) is 52.8 Å². The van der Waals surface area contributed by atoms with E-state index in [1.165, 1.54) is 11.8 Å². The number of nitrogens with two attached hydrogens (primary N) is 1. The van der Waals surface area contributed by atoms with Gasteiger partial charge in [-0.15, -0.1) is 11.8 Å². The fourth-order valence-corrected chi connectivity index (χ4v) is 4.62. The maximum Gasteiger partial charge on any atom is 0.267 e. The monoisotopic (exact) mass is 456 g/mol. The van der Waals surface area contributed by atoms with Crippen LogP contribution in [-0.4, -0.2) is 45.9 Å². The predicted octanol–water partition coefficient (Wildman–Crippen LogP) is 2.50. The van der Waals surface area contributed by atoms with Gasteiger partial charge in [0, 0.05) is 30.6 Å². The van der Waals surface area contributed by atoms with E-state index in [0.717, 1.165) is 11.1 Å². The number of carbonyl (C=O) groups excluding carboxylic acids is 1. The van der Waals surface area contributed by atoms with Crippen molar-refractivity contribution in [3.8, 4) is 23.3 Å². The van der Waals surface area contributed by atoms with E-state index in [1.54, 1.807) is 12.3 Å². The average Bonchev–Trinajstić information content (AvgIpc) is 2.82. The number of nitriles is 2. The van der Waals surface area contributed by atoms with E-state index >= 15 is 0 Å². The van der Waals surface area contributed by atoms with Gasteiger partial charge in [-0.05, 0) is 29.7 Å². The van der Waals surface area contributed by atoms with Gasteiger partial charge in [-0.3, -0.25) is 9.78 Å². The van der Waals surface area contributed by atoms with Crippen molar-refractivity contribution < 1.29 is 9.90 Å². The van der Waals surface area contributed by atoms with Crippen LogP contribution in [0.2, 0.25) is 0 Å². The molecule has 0 aliphatic carbocycles. The van der Waals surface area contributed by atoms with Crippen LogP contribution in [-0.2, 0) is 6.42 Å². The van der Waals surface area contributed by atoms with Crippen LogP contribution < -0.4 is 10.6 Å². The first kappa shape index (κ1) is 22.3. The van der Waals surface area contributed by atoms with Gasteiger partial charge in [-0.25, -0.2) is 4.98 Å². The number of aryl methyl sites for hydroxylation is 1. The van der Waals surface area contributed by atoms with Crippen LogP contribution in [0, 0.1) is 22.7 Å². The second-order valence-electron chi connectivity index (χ2n) is 7.53. The minimum atomic E-state index is -0.584. The standard InChI is InChI=1S/C24H20N6O2S/c25-11-18-21(16-4-2-1-3-5-16)19(12-26)24(29-23(18)30-13-17(31)14-30)33-9-7-15-6-8-28-20(10-15)22(27)32/h1-6,8,10,17,31H,7,9,13-14H2,(H2,27,32). The number of benzene rings is 1. The molecule has 164 valence electrons. The Hall–Kier alpha value is -3.92. The van der Waals surface area contributed by atoms with Crippen LogP contribution in [0.3, 0.4) is 0 Å². The second-order valence-corrected chi connectivity index (χ2v) is 8.61. The second kappa shape index (κ2) is 9.70. The fourth-order valence-electron chi connectivity index (χ4n) is 3.65. The van der Waals surface area contributed by atoms with Crippen molar-refractivity contribution in [1.82, 2.24) is 9.97 Å². The van der Waals surface area contributed by atoms with Crippen LogP contribution in [0.25, 0.3) is 11.1 Å². The lowest BCUT2D eigenvalue weighted by Gasteiger charge is -2.37. The first-order valence-electron chi connectivity index (χ1n) is 10.3. The van der Waals surface area contributed by atoms with Gasteiger partial charge in [-0.2, -0.15) is 10.5 Å². The average molecular weight is 457 g/mol. The molecule has 1 aliphatic rings. The molecule has 1 fully saturated rings. The lowest BCUT2D eigenvalue weighted by Crippen LogP contribution is -2.51. The lowest BCUT2D eigenvalue weighted by atomic mass is 9.96. The SMILES string of the molecule is N#Cc1c(SCCc2ccnc(C(N)=O)c2)nc(N2CC(O)C2)c(C#N)c1-c1ccccc1. The number of nitrogens with zero attached hydrogens (tertiary/aromatic N) is 5. The Bertz CT molecular complexity index is 1280. The molecule has 9 heteroatoms. The Morgan fingerprint density at radius 2 is 1.91 bits per heavy atom. The van der Waals surface area contributed by atoms with Crippen molar-refractivity contribution in [2.24, 2.45) is 5.73 Å². The summed E-state index contributed by atoms with van der Waals surface area (Å²) in [6.45, 7) is 0.775. The van der Waals surface area contributed by atoms with E-state index in [4.69, 9.17) is 5.73 Å². The molecular formula is C24H20N6O2S. The smallest absolute Gasteiger partial charge is 0.267 e. The number of rotatable bonds is 7. The molecule has 3 heterocycles. The fraction of sp³-hybridized carbons (Fsp3) is 0.208. The van der Waals surface area contributed by atoms with Crippen LogP contribution >= 0.6 is 11.8 Å². The highest BCUT2D eigenvalue weighted by atomic mass is 32.2. The Morgan fingerprint density at radius 3 is 2.55 bits per heavy atom. The number of carbonyl (C=O) groups is 1. The van der Waals surface area contributed by atoms with Crippen molar-refractivity contribution in [2.45, 2.75) is 17.6 Å². The highest BCUT2D eigenvalue weighted by Crippen LogP contribution is 2.38. The van der Waals surface area contributed by atoms with E-state index in [2.05, 4.69) is 22.1 Å². The molecule has 0 bridgehead atoms. The molecule has 1 amide bonds. The maximum atomic E-state index is 11.4. The van der Waals surface area contributed by atoms with Crippen molar-refractivity contribution in [1.29, 1.82) is 10.5 Å². The van der Waals surface area contributed by atoms with Gasteiger partial charge < -0.3 is 15.7 Å². The highest BCUT2D eigenvalue weighted by Gasteiger charge is 2.31. The summed E-state index contributed by atoms with van der Waals surface area (Å²) in [4.78, 5) is 21.9. The van der Waals surface area contributed by atoms with Crippen molar-refractivity contribution in [3.63, 3.8) is 0 Å². The van der Waals surface area contributed by atoms with Crippen molar-refractivity contribution in [3.05, 3.63) is 71.0 Å². The van der Waals surface area contributed by atoms with Crippen LogP contribution in [0.1, 0.15) is 27.2 Å². The molecule has 2 aromatic heterocycles. The minimum Gasteiger partial charge on any atom is -0.389 e. The molecule has 3 N–H and O–H groups in total. The molecule has 3 aromatic rings. The summed E-state index contributed by atoms with van der Waals surface area (Å²) in [6.07, 6.45) is 1.69. The number of aliphatic hydroxyl groups excluding tert-OH is 1. The number of aromatic nitrogens is 2. The molecule has 0 atom stereocenters. The minimum absolute atomic E-state index is 0.205. The maximum absolute atomic E-state index is 11.4. The third-order valence-electron chi connectivity index (χ3n) is 5.30. The Labute approximate surface area is 195 Å². The molecular weight excluding hydrogens is 436 g/mol. The lowest BCUT2D eigenvalue weighted by molar-refractivity contribution is 0.0995. The zero-order valence-electron chi connectivity index (χ0n) is 17.6. The Balaban J connectivity index is 1.71. The molecule has 1 aromatic carbocycles. The van der Waals surface area contributed by atoms with Gasteiger partial charge in [0.2, 0.25) is 0 Å². The Kier molecular flexibility index (Phi) is 6.55. The number of anilines is 1. The molecule has 8 nitrogen and oxygen atoms in total. The van der Waals surface area contributed by atoms with Gasteiger partial charge in [0.15, 0.2) is 0 Å². The van der Waals surface area contributed by atoms with Crippen LogP contribution in [0.4, 0.5) is 5.82 Å². The molecule has 1 saturated heterocycles. The van der Waals surface area contributed by atoms with Crippen LogP contribution in [0.5, 0.6) is 0 Å². The molecule has 0 radical (unpaired) electrons. The molecule has 1 aliphatic heterocycles. The number of hydrogen-bond acceptors (Lipinski definition) is 8. The van der Waals surface area contributed by atoms with Crippen molar-refractivity contribution >= 4 is 23.5 Å². The predicted molar refractivity (Wildman–Crippen MR) is 125 cm³/mol. The quantitative estimate of drug-likeness (QED) is 0.517. The Morgan fingerprint density at radius 1 is 1.18 bits per heavy atom. The zero-order chi connectivity index (χ0) is 23.4. The summed E-state index contributed by atoms with van der Waals surface area (Å²) in [5.74, 6) is 0.480. The number of β-amino-alcohol motifs (C(OH)–C–C–N with tert-alkyl or cyclic N) is 1. The van der Waals surface area contributed by atoms with Gasteiger partial charge in [0.05, 0.1) is 11.7 Å². The topological polar surface area (TPSA) is 140 Å². The molecule has 0 saturated carbocycles. The van der Waals surface area contributed by atoms with E-state index in [1.807, 2.05) is 41.3 Å². The number of pyridine rings is 2. The number of aliphatic hydroxyl groups is 1. The molecule has 4 rings (SSSR count). The first-order chi connectivity index (χ1) is 16.0. The third kappa shape index (κ3) is 4.65. The molecule has 0 unspecified atom stereocenters. The van der Waals surface area contributed by atoms with Gasteiger partial charge in [-0.1, -0.05) is 30.3 Å². The summed E-state index contributed by atoms with van der Waals surface area (Å²) in [5.41, 5.74) is 8.40. The van der Waals surface area contributed by atoms with E-state index in [-0.39, 0.29) is 5.69 Å². The van der Waals surface area contributed by atoms with Gasteiger partial charge >= 0.3 is 0 Å². The van der Waals surface area contributed by atoms with Crippen molar-refractivity contribution in [2.75, 3.05) is 23.7 Å². The first-order valence-corrected chi connectivity index (χ1v) is 11.2. The number of amides is 1. The largest absolute Gasteiger partial charge is 0.389 e. The molecule has 33 heavy (non-hydrogen) atoms. The summed E-state index contributed by atoms with van der Waals surface area (Å²) >= 11 is 1.41. The summed E-state index contributed by atoms with van der Waals surface area (Å²) < 4.78 is 0. The summed E-state index contributed by atoms with van der Waals surface area (Å²) in [7, 11) is 0. The third-order valence-corrected chi connectivity index (χ3v) is 6.28. The number of thioether (sulfide) groups is 1. The number of hydrogen-bond donors (Lipinski definition) is 2. The molecule has 0 spiro atoms. The van der Waals surface area contributed by atoms with E-state index < -0.39 is 12.0 Å². The van der Waals surface area contributed by atoms with Crippen LogP contribution in [0.15, 0.2) is 53.7 Å². The summed E-state index contributed by atoms with van der Waals surface area (Å²) in [5, 5.41) is 30.3. The highest BCUT2D eigenvalue weighted by molar-refractivity contribution is 7.99. The number of primary amides is 1. The van der Waals surface area contributed by atoms with E-state index in [9.17, 15) is 20.4 Å². The normalized spacial score (nSPS) is 13.1. The summed E-state index contributed by atoms with van der Waals surface area (Å²) in [6, 6.07) is 17.3. The zero-order valence-corrected chi connectivity index (χ0v) is 18.4.